The van der Waals surface area contributed by atoms with Crippen LogP contribution < -0.4 is 5.32 Å². The van der Waals surface area contributed by atoms with Crippen LogP contribution in [0.5, 0.6) is 0 Å². The zero-order valence-corrected chi connectivity index (χ0v) is 14.0. The van der Waals surface area contributed by atoms with E-state index in [2.05, 4.69) is 5.32 Å². The number of hydrogen-bond acceptors (Lipinski definition) is 2. The van der Waals surface area contributed by atoms with Crippen molar-refractivity contribution in [3.05, 3.63) is 28.2 Å². The van der Waals surface area contributed by atoms with Crippen molar-refractivity contribution >= 4 is 34.9 Å². The number of halogens is 5. The lowest BCUT2D eigenvalue weighted by atomic mass is 10.1. The second-order valence-electron chi connectivity index (χ2n) is 5.54. The van der Waals surface area contributed by atoms with Crippen LogP contribution in [0.2, 0.25) is 10.0 Å². The highest BCUT2D eigenvalue weighted by molar-refractivity contribution is 6.42. The van der Waals surface area contributed by atoms with E-state index in [9.17, 15) is 18.0 Å². The zero-order chi connectivity index (χ0) is 17.4. The molecule has 1 N–H and O–H groups in total. The molecule has 0 aromatic heterocycles. The Kier molecular flexibility index (Phi) is 5.33. The summed E-state index contributed by atoms with van der Waals surface area (Å²) < 4.78 is 39.3. The van der Waals surface area contributed by atoms with Crippen LogP contribution in [-0.4, -0.2) is 54.2 Å². The van der Waals surface area contributed by atoms with Gasteiger partial charge in [-0.1, -0.05) is 23.2 Å². The third kappa shape index (κ3) is 4.22. The van der Waals surface area contributed by atoms with Crippen LogP contribution in [0.15, 0.2) is 18.2 Å². The van der Waals surface area contributed by atoms with E-state index < -0.39 is 30.8 Å². The van der Waals surface area contributed by atoms with Gasteiger partial charge in [-0.15, -0.1) is 0 Å². The molecule has 128 valence electrons. The van der Waals surface area contributed by atoms with Crippen molar-refractivity contribution in [1.29, 1.82) is 0 Å². The number of nitrogens with one attached hydrogen (secondary N) is 1. The summed E-state index contributed by atoms with van der Waals surface area (Å²) in [6.07, 6.45) is -4.40. The van der Waals surface area contributed by atoms with Gasteiger partial charge in [-0.2, -0.15) is 13.2 Å². The van der Waals surface area contributed by atoms with Gasteiger partial charge in [-0.3, -0.25) is 4.90 Å². The average molecular weight is 370 g/mol. The van der Waals surface area contributed by atoms with Crippen molar-refractivity contribution < 1.29 is 18.0 Å². The Morgan fingerprint density at radius 3 is 2.48 bits per heavy atom. The first-order valence-corrected chi connectivity index (χ1v) is 7.65. The minimum Gasteiger partial charge on any atom is -0.321 e. The van der Waals surface area contributed by atoms with Crippen LogP contribution in [0.1, 0.15) is 6.92 Å². The first-order chi connectivity index (χ1) is 10.6. The molecular formula is C14H16Cl2F3N3O. The fourth-order valence-electron chi connectivity index (χ4n) is 2.44. The van der Waals surface area contributed by atoms with Gasteiger partial charge in [-0.05, 0) is 32.2 Å². The maximum Gasteiger partial charge on any atom is 0.405 e. The Morgan fingerprint density at radius 1 is 1.26 bits per heavy atom. The molecule has 23 heavy (non-hydrogen) atoms. The predicted octanol–water partition coefficient (Wildman–Crippen LogP) is 4.09. The van der Waals surface area contributed by atoms with Gasteiger partial charge in [0.05, 0.1) is 10.0 Å². The average Bonchev–Trinajstić information content (AvgIpc) is 2.44. The highest BCUT2D eigenvalue weighted by Gasteiger charge is 2.47. The first-order valence-electron chi connectivity index (χ1n) is 6.89. The van der Waals surface area contributed by atoms with Gasteiger partial charge >= 0.3 is 12.2 Å². The molecule has 2 amide bonds. The molecule has 1 aliphatic rings. The molecule has 1 aliphatic heterocycles. The van der Waals surface area contributed by atoms with E-state index in [1.165, 1.54) is 30.1 Å². The van der Waals surface area contributed by atoms with Gasteiger partial charge in [-0.25, -0.2) is 4.79 Å². The SMILES string of the molecule is CC1CN(C(=O)Nc2ccc(Cl)c(Cl)c2)CC(C(F)(F)F)N1C. The molecule has 1 saturated heterocycles. The lowest BCUT2D eigenvalue weighted by Gasteiger charge is -2.44. The highest BCUT2D eigenvalue weighted by atomic mass is 35.5. The third-order valence-corrected chi connectivity index (χ3v) is 4.64. The molecule has 0 radical (unpaired) electrons. The number of urea groups is 1. The number of hydrogen-bond donors (Lipinski definition) is 1. The van der Waals surface area contributed by atoms with Crippen molar-refractivity contribution in [2.45, 2.75) is 25.2 Å². The number of likely N-dealkylation sites (N-methyl/N-ethyl adjacent to an activating group) is 1. The van der Waals surface area contributed by atoms with Gasteiger partial charge < -0.3 is 10.2 Å². The molecule has 4 nitrogen and oxygen atoms in total. The topological polar surface area (TPSA) is 35.6 Å². The number of nitrogens with zero attached hydrogens (tertiary/aromatic N) is 2. The van der Waals surface area contributed by atoms with Gasteiger partial charge in [0.1, 0.15) is 6.04 Å². The molecule has 1 fully saturated rings. The van der Waals surface area contributed by atoms with E-state index in [0.717, 1.165) is 4.90 Å². The summed E-state index contributed by atoms with van der Waals surface area (Å²) in [5.41, 5.74) is 0.375. The van der Waals surface area contributed by atoms with Gasteiger partial charge in [0.2, 0.25) is 0 Å². The molecule has 0 aliphatic carbocycles. The lowest BCUT2D eigenvalue weighted by molar-refractivity contribution is -0.196. The largest absolute Gasteiger partial charge is 0.405 e. The number of carbonyl (C=O) groups excluding carboxylic acids is 1. The normalized spacial score (nSPS) is 23.0. The van der Waals surface area contributed by atoms with Gasteiger partial charge in [0.25, 0.3) is 0 Å². The number of carbonyl (C=O) groups is 1. The Balaban J connectivity index is 2.11. The second kappa shape index (κ2) is 6.75. The fourth-order valence-corrected chi connectivity index (χ4v) is 2.74. The van der Waals surface area contributed by atoms with Crippen LogP contribution in [0.25, 0.3) is 0 Å². The molecule has 0 spiro atoms. The van der Waals surface area contributed by atoms with Crippen molar-refractivity contribution in [3.63, 3.8) is 0 Å². The molecule has 0 saturated carbocycles. The fraction of sp³-hybridized carbons (Fsp3) is 0.500. The maximum atomic E-state index is 13.1. The van der Waals surface area contributed by atoms with Crippen molar-refractivity contribution in [3.8, 4) is 0 Å². The Morgan fingerprint density at radius 2 is 1.91 bits per heavy atom. The predicted molar refractivity (Wildman–Crippen MR) is 84.1 cm³/mol. The Labute approximate surface area is 142 Å². The summed E-state index contributed by atoms with van der Waals surface area (Å²) >= 11 is 11.6. The van der Waals surface area contributed by atoms with Crippen LogP contribution in [0.3, 0.4) is 0 Å². The highest BCUT2D eigenvalue weighted by Crippen LogP contribution is 2.30. The number of benzene rings is 1. The van der Waals surface area contributed by atoms with Crippen molar-refractivity contribution in [1.82, 2.24) is 9.80 Å². The van der Waals surface area contributed by atoms with Crippen LogP contribution in [-0.2, 0) is 0 Å². The maximum absolute atomic E-state index is 13.1. The Hall–Kier alpha value is -1.18. The number of anilines is 1. The number of piperazine rings is 1. The summed E-state index contributed by atoms with van der Waals surface area (Å²) in [5.74, 6) is 0. The molecular weight excluding hydrogens is 354 g/mol. The minimum absolute atomic E-state index is 0.205. The third-order valence-electron chi connectivity index (χ3n) is 3.90. The molecule has 1 aromatic carbocycles. The van der Waals surface area contributed by atoms with E-state index in [1.807, 2.05) is 0 Å². The summed E-state index contributed by atoms with van der Waals surface area (Å²) in [7, 11) is 1.41. The molecule has 1 aromatic rings. The summed E-state index contributed by atoms with van der Waals surface area (Å²) in [4.78, 5) is 14.6. The molecule has 1 heterocycles. The summed E-state index contributed by atoms with van der Waals surface area (Å²) in [6, 6.07) is 1.79. The zero-order valence-electron chi connectivity index (χ0n) is 12.5. The van der Waals surface area contributed by atoms with Gasteiger partial charge in [0.15, 0.2) is 0 Å². The summed E-state index contributed by atoms with van der Waals surface area (Å²) in [6.45, 7) is 1.44. The van der Waals surface area contributed by atoms with E-state index in [4.69, 9.17) is 23.2 Å². The standard InChI is InChI=1S/C14H16Cl2F3N3O/c1-8-6-22(7-12(21(8)2)14(17,18)19)13(23)20-9-3-4-10(15)11(16)5-9/h3-5,8,12H,6-7H2,1-2H3,(H,20,23). The van der Waals surface area contributed by atoms with E-state index >= 15 is 0 Å². The minimum atomic E-state index is -4.40. The Bertz CT molecular complexity index is 597. The van der Waals surface area contributed by atoms with Crippen molar-refractivity contribution in [2.24, 2.45) is 0 Å². The molecule has 2 unspecified atom stereocenters. The van der Waals surface area contributed by atoms with Crippen LogP contribution in [0, 0.1) is 0 Å². The van der Waals surface area contributed by atoms with Crippen LogP contribution >= 0.6 is 23.2 Å². The quantitative estimate of drug-likeness (QED) is 0.808. The lowest BCUT2D eigenvalue weighted by Crippen LogP contribution is -2.62. The monoisotopic (exact) mass is 369 g/mol. The van der Waals surface area contributed by atoms with E-state index in [0.29, 0.717) is 10.7 Å². The number of rotatable bonds is 1. The molecule has 2 rings (SSSR count). The number of amides is 2. The van der Waals surface area contributed by atoms with Gasteiger partial charge in [0, 0.05) is 24.8 Å². The van der Waals surface area contributed by atoms with Crippen molar-refractivity contribution in [2.75, 3.05) is 25.5 Å². The van der Waals surface area contributed by atoms with E-state index in [1.54, 1.807) is 6.92 Å². The second-order valence-corrected chi connectivity index (χ2v) is 6.35. The molecule has 0 bridgehead atoms. The summed E-state index contributed by atoms with van der Waals surface area (Å²) in [5, 5.41) is 3.13. The smallest absolute Gasteiger partial charge is 0.321 e. The molecule has 9 heteroatoms. The van der Waals surface area contributed by atoms with Crippen LogP contribution in [0.4, 0.5) is 23.7 Å². The molecule has 2 atom stereocenters. The van der Waals surface area contributed by atoms with E-state index in [-0.39, 0.29) is 11.6 Å². The number of alkyl halides is 3. The first kappa shape index (κ1) is 18.2.